The smallest absolute Gasteiger partial charge is 0.224 e. The van der Waals surface area contributed by atoms with E-state index < -0.39 is 6.10 Å². The topological polar surface area (TPSA) is 58.0 Å². The Labute approximate surface area is 111 Å². The van der Waals surface area contributed by atoms with Crippen LogP contribution < -0.4 is 5.32 Å². The van der Waals surface area contributed by atoms with Crippen molar-refractivity contribution in [2.45, 2.75) is 19.6 Å². The molecule has 2 N–H and O–H groups in total. The van der Waals surface area contributed by atoms with Crippen LogP contribution in [0.2, 0.25) is 5.28 Å². The Morgan fingerprint density at radius 1 is 1.33 bits per heavy atom. The van der Waals surface area contributed by atoms with E-state index >= 15 is 0 Å². The Bertz CT molecular complexity index is 517. The summed E-state index contributed by atoms with van der Waals surface area (Å²) >= 11 is 5.76. The Hall–Kier alpha value is -1.65. The molecule has 1 aromatic heterocycles. The third kappa shape index (κ3) is 3.18. The SMILES string of the molecule is CC(O)c1cnc(Cl)nc1NCc1ccccc1. The van der Waals surface area contributed by atoms with Crippen molar-refractivity contribution < 1.29 is 5.11 Å². The summed E-state index contributed by atoms with van der Waals surface area (Å²) < 4.78 is 0. The summed E-state index contributed by atoms with van der Waals surface area (Å²) in [5, 5.41) is 12.9. The number of benzene rings is 1. The van der Waals surface area contributed by atoms with Gasteiger partial charge in [0.2, 0.25) is 5.28 Å². The Balaban J connectivity index is 2.15. The Morgan fingerprint density at radius 2 is 2.06 bits per heavy atom. The summed E-state index contributed by atoms with van der Waals surface area (Å²) in [6.45, 7) is 2.29. The van der Waals surface area contributed by atoms with Crippen LogP contribution >= 0.6 is 11.6 Å². The number of halogens is 1. The minimum atomic E-state index is -0.638. The van der Waals surface area contributed by atoms with Crippen LogP contribution in [0.3, 0.4) is 0 Å². The van der Waals surface area contributed by atoms with Gasteiger partial charge in [-0.15, -0.1) is 0 Å². The first-order valence-corrected chi connectivity index (χ1v) is 6.03. The molecule has 0 saturated heterocycles. The highest BCUT2D eigenvalue weighted by molar-refractivity contribution is 6.28. The molecule has 0 aliphatic heterocycles. The van der Waals surface area contributed by atoms with E-state index in [2.05, 4.69) is 15.3 Å². The van der Waals surface area contributed by atoms with E-state index in [1.54, 1.807) is 6.92 Å². The highest BCUT2D eigenvalue weighted by atomic mass is 35.5. The third-order valence-electron chi connectivity index (χ3n) is 2.54. The quantitative estimate of drug-likeness (QED) is 0.833. The number of hydrogen-bond acceptors (Lipinski definition) is 4. The highest BCUT2D eigenvalue weighted by Crippen LogP contribution is 2.21. The molecule has 1 unspecified atom stereocenters. The van der Waals surface area contributed by atoms with Gasteiger partial charge in [0.25, 0.3) is 0 Å². The maximum absolute atomic E-state index is 9.63. The van der Waals surface area contributed by atoms with Crippen LogP contribution in [0.5, 0.6) is 0 Å². The van der Waals surface area contributed by atoms with Gasteiger partial charge in [-0.25, -0.2) is 9.97 Å². The van der Waals surface area contributed by atoms with Crippen LogP contribution in [0, 0.1) is 0 Å². The molecule has 0 saturated carbocycles. The molecule has 0 aliphatic rings. The zero-order valence-electron chi connectivity index (χ0n) is 9.97. The van der Waals surface area contributed by atoms with Crippen molar-refractivity contribution in [3.05, 3.63) is 52.9 Å². The van der Waals surface area contributed by atoms with E-state index in [1.807, 2.05) is 30.3 Å². The molecule has 1 aromatic carbocycles. The predicted molar refractivity (Wildman–Crippen MR) is 71.4 cm³/mol. The average Bonchev–Trinajstić information content (AvgIpc) is 2.37. The monoisotopic (exact) mass is 263 g/mol. The summed E-state index contributed by atoms with van der Waals surface area (Å²) in [7, 11) is 0. The second-order valence-electron chi connectivity index (χ2n) is 3.96. The van der Waals surface area contributed by atoms with E-state index in [4.69, 9.17) is 11.6 Å². The van der Waals surface area contributed by atoms with E-state index in [0.29, 0.717) is 17.9 Å². The Morgan fingerprint density at radius 3 is 2.72 bits per heavy atom. The molecule has 2 rings (SSSR count). The van der Waals surface area contributed by atoms with Crippen LogP contribution in [-0.4, -0.2) is 15.1 Å². The first kappa shape index (κ1) is 12.8. The summed E-state index contributed by atoms with van der Waals surface area (Å²) in [4.78, 5) is 7.96. The fourth-order valence-electron chi connectivity index (χ4n) is 1.60. The largest absolute Gasteiger partial charge is 0.389 e. The van der Waals surface area contributed by atoms with Gasteiger partial charge in [0.05, 0.1) is 6.10 Å². The van der Waals surface area contributed by atoms with Gasteiger partial charge in [0.1, 0.15) is 5.82 Å². The molecule has 0 fully saturated rings. The van der Waals surface area contributed by atoms with Gasteiger partial charge < -0.3 is 10.4 Å². The molecule has 4 nitrogen and oxygen atoms in total. The van der Waals surface area contributed by atoms with Gasteiger partial charge in [-0.1, -0.05) is 30.3 Å². The molecule has 0 aliphatic carbocycles. The maximum Gasteiger partial charge on any atom is 0.224 e. The fourth-order valence-corrected chi connectivity index (χ4v) is 1.73. The normalized spacial score (nSPS) is 12.2. The fraction of sp³-hybridized carbons (Fsp3) is 0.231. The molecule has 1 atom stereocenters. The predicted octanol–water partition coefficient (Wildman–Crippen LogP) is 2.80. The number of hydrogen-bond donors (Lipinski definition) is 2. The van der Waals surface area contributed by atoms with E-state index in [9.17, 15) is 5.11 Å². The van der Waals surface area contributed by atoms with Gasteiger partial charge in [0.15, 0.2) is 0 Å². The average molecular weight is 264 g/mol. The Kier molecular flexibility index (Phi) is 4.12. The molecular formula is C13H14ClN3O. The molecule has 0 radical (unpaired) electrons. The van der Waals surface area contributed by atoms with Crippen LogP contribution in [0.4, 0.5) is 5.82 Å². The molecule has 0 spiro atoms. The molecular weight excluding hydrogens is 250 g/mol. The summed E-state index contributed by atoms with van der Waals surface area (Å²) in [5.41, 5.74) is 1.76. The van der Waals surface area contributed by atoms with Crippen molar-refractivity contribution in [1.29, 1.82) is 0 Å². The van der Waals surface area contributed by atoms with E-state index in [1.165, 1.54) is 6.20 Å². The zero-order chi connectivity index (χ0) is 13.0. The van der Waals surface area contributed by atoms with Crippen molar-refractivity contribution in [1.82, 2.24) is 9.97 Å². The number of rotatable bonds is 4. The molecule has 1 heterocycles. The molecule has 2 aromatic rings. The second-order valence-corrected chi connectivity index (χ2v) is 4.30. The van der Waals surface area contributed by atoms with Crippen molar-refractivity contribution >= 4 is 17.4 Å². The molecule has 0 bridgehead atoms. The lowest BCUT2D eigenvalue weighted by atomic mass is 10.2. The van der Waals surface area contributed by atoms with Crippen molar-refractivity contribution in [2.24, 2.45) is 0 Å². The first-order valence-electron chi connectivity index (χ1n) is 5.65. The number of aliphatic hydroxyl groups excluding tert-OH is 1. The summed E-state index contributed by atoms with van der Waals surface area (Å²) in [6.07, 6.45) is 0.897. The second kappa shape index (κ2) is 5.80. The number of aliphatic hydroxyl groups is 1. The van der Waals surface area contributed by atoms with Gasteiger partial charge in [0, 0.05) is 18.3 Å². The van der Waals surface area contributed by atoms with Gasteiger partial charge >= 0.3 is 0 Å². The highest BCUT2D eigenvalue weighted by Gasteiger charge is 2.10. The minimum Gasteiger partial charge on any atom is -0.389 e. The van der Waals surface area contributed by atoms with E-state index in [0.717, 1.165) is 5.56 Å². The number of anilines is 1. The van der Waals surface area contributed by atoms with Crippen LogP contribution in [-0.2, 0) is 6.54 Å². The number of nitrogens with zero attached hydrogens (tertiary/aromatic N) is 2. The molecule has 94 valence electrons. The molecule has 0 amide bonds. The lowest BCUT2D eigenvalue weighted by molar-refractivity contribution is 0.199. The molecule has 18 heavy (non-hydrogen) atoms. The first-order chi connectivity index (χ1) is 8.66. The van der Waals surface area contributed by atoms with Crippen molar-refractivity contribution in [3.63, 3.8) is 0 Å². The summed E-state index contributed by atoms with van der Waals surface area (Å²) in [6, 6.07) is 9.93. The lowest BCUT2D eigenvalue weighted by Crippen LogP contribution is -2.07. The number of aromatic nitrogens is 2. The zero-order valence-corrected chi connectivity index (χ0v) is 10.7. The van der Waals surface area contributed by atoms with Gasteiger partial charge in [-0.3, -0.25) is 0 Å². The van der Waals surface area contributed by atoms with Gasteiger partial charge in [-0.2, -0.15) is 0 Å². The third-order valence-corrected chi connectivity index (χ3v) is 2.72. The standard InChI is InChI=1S/C13H14ClN3O/c1-9(18)11-8-16-13(14)17-12(11)15-7-10-5-3-2-4-6-10/h2-6,8-9,18H,7H2,1H3,(H,15,16,17). The van der Waals surface area contributed by atoms with Crippen molar-refractivity contribution in [3.8, 4) is 0 Å². The maximum atomic E-state index is 9.63. The van der Waals surface area contributed by atoms with Crippen molar-refractivity contribution in [2.75, 3.05) is 5.32 Å². The van der Waals surface area contributed by atoms with Gasteiger partial charge in [-0.05, 0) is 24.1 Å². The number of nitrogens with one attached hydrogen (secondary N) is 1. The summed E-state index contributed by atoms with van der Waals surface area (Å²) in [5.74, 6) is 0.564. The van der Waals surface area contributed by atoms with Crippen LogP contribution in [0.1, 0.15) is 24.2 Å². The van der Waals surface area contributed by atoms with Crippen LogP contribution in [0.15, 0.2) is 36.5 Å². The molecule has 5 heteroatoms. The van der Waals surface area contributed by atoms with Crippen LogP contribution in [0.25, 0.3) is 0 Å². The minimum absolute atomic E-state index is 0.162. The lowest BCUT2D eigenvalue weighted by Gasteiger charge is -2.12. The van der Waals surface area contributed by atoms with E-state index in [-0.39, 0.29) is 5.28 Å².